The molecular weight excluding hydrogens is 366 g/mol. The Labute approximate surface area is 163 Å². The topological polar surface area (TPSA) is 65.9 Å². The van der Waals surface area contributed by atoms with Crippen molar-refractivity contribution in [2.24, 2.45) is 4.99 Å². The lowest BCUT2D eigenvalue weighted by atomic mass is 10.3. The molecular formula is C19H24F2N6O. The third kappa shape index (κ3) is 5.28. The molecule has 2 aromatic rings. The number of aliphatic imine (C=N–C) groups is 1. The minimum absolute atomic E-state index is 0.276. The van der Waals surface area contributed by atoms with Gasteiger partial charge in [0.15, 0.2) is 17.6 Å². The fraction of sp³-hybridized carbons (Fsp3) is 0.421. The van der Waals surface area contributed by atoms with E-state index >= 15 is 0 Å². The lowest BCUT2D eigenvalue weighted by molar-refractivity contribution is 0.322. The summed E-state index contributed by atoms with van der Waals surface area (Å²) in [6, 6.07) is 5.29. The minimum Gasteiger partial charge on any atom is -0.492 e. The molecule has 2 heterocycles. The van der Waals surface area contributed by atoms with Crippen LogP contribution in [0.15, 0.2) is 41.7 Å². The molecule has 7 nitrogen and oxygen atoms in total. The third-order valence-corrected chi connectivity index (χ3v) is 4.26. The van der Waals surface area contributed by atoms with E-state index in [0.717, 1.165) is 56.8 Å². The standard InChI is InChI=1S/C19H24F2N6O/c1-2-22-18(25-8-13-28-15-4-5-16(20)17(21)14-15)26-9-11-27(12-10-26)19-23-6-3-7-24-19/h3-7,14H,2,8-13H2,1H3,(H,22,25). The van der Waals surface area contributed by atoms with Gasteiger partial charge in [0.2, 0.25) is 5.95 Å². The highest BCUT2D eigenvalue weighted by molar-refractivity contribution is 5.80. The molecule has 1 N–H and O–H groups in total. The average molecular weight is 390 g/mol. The predicted molar refractivity (Wildman–Crippen MR) is 104 cm³/mol. The van der Waals surface area contributed by atoms with Gasteiger partial charge in [-0.05, 0) is 25.1 Å². The Bertz CT molecular complexity index is 781. The Hall–Kier alpha value is -2.97. The quantitative estimate of drug-likeness (QED) is 0.462. The van der Waals surface area contributed by atoms with Gasteiger partial charge in [-0.2, -0.15) is 0 Å². The zero-order chi connectivity index (χ0) is 19.8. The molecule has 9 heteroatoms. The second-order valence-electron chi connectivity index (χ2n) is 6.18. The van der Waals surface area contributed by atoms with Gasteiger partial charge >= 0.3 is 0 Å². The molecule has 0 spiro atoms. The lowest BCUT2D eigenvalue weighted by Crippen LogP contribution is -2.53. The Morgan fingerprint density at radius 2 is 1.89 bits per heavy atom. The Kier molecular flexibility index (Phi) is 6.94. The Morgan fingerprint density at radius 1 is 1.14 bits per heavy atom. The maximum Gasteiger partial charge on any atom is 0.225 e. The number of nitrogens with zero attached hydrogens (tertiary/aromatic N) is 5. The average Bonchev–Trinajstić information content (AvgIpc) is 2.73. The minimum atomic E-state index is -0.922. The maximum absolute atomic E-state index is 13.2. The number of nitrogens with one attached hydrogen (secondary N) is 1. The van der Waals surface area contributed by atoms with Crippen molar-refractivity contribution < 1.29 is 13.5 Å². The number of halogens is 2. The number of anilines is 1. The van der Waals surface area contributed by atoms with Crippen molar-refractivity contribution in [3.8, 4) is 5.75 Å². The monoisotopic (exact) mass is 390 g/mol. The summed E-state index contributed by atoms with van der Waals surface area (Å²) in [6.07, 6.45) is 3.49. The predicted octanol–water partition coefficient (Wildman–Crippen LogP) is 1.92. The molecule has 0 aliphatic carbocycles. The van der Waals surface area contributed by atoms with Crippen LogP contribution in [0.2, 0.25) is 0 Å². The van der Waals surface area contributed by atoms with Crippen molar-refractivity contribution in [3.63, 3.8) is 0 Å². The summed E-state index contributed by atoms with van der Waals surface area (Å²) in [5.41, 5.74) is 0. The molecule has 1 aliphatic heterocycles. The van der Waals surface area contributed by atoms with Gasteiger partial charge < -0.3 is 19.9 Å². The van der Waals surface area contributed by atoms with Gasteiger partial charge in [-0.3, -0.25) is 0 Å². The number of aromatic nitrogens is 2. The van der Waals surface area contributed by atoms with Crippen molar-refractivity contribution >= 4 is 11.9 Å². The summed E-state index contributed by atoms with van der Waals surface area (Å²) in [5.74, 6) is 0.0269. The molecule has 1 saturated heterocycles. The van der Waals surface area contributed by atoms with E-state index in [1.165, 1.54) is 6.07 Å². The van der Waals surface area contributed by atoms with Crippen LogP contribution in [0.5, 0.6) is 5.75 Å². The third-order valence-electron chi connectivity index (χ3n) is 4.26. The summed E-state index contributed by atoms with van der Waals surface area (Å²) in [4.78, 5) is 17.5. The summed E-state index contributed by atoms with van der Waals surface area (Å²) in [7, 11) is 0. The number of benzene rings is 1. The molecule has 1 aromatic carbocycles. The smallest absolute Gasteiger partial charge is 0.225 e. The Balaban J connectivity index is 1.50. The number of ether oxygens (including phenoxy) is 1. The van der Waals surface area contributed by atoms with Crippen LogP contribution in [-0.4, -0.2) is 66.7 Å². The molecule has 150 valence electrons. The highest BCUT2D eigenvalue weighted by Gasteiger charge is 2.20. The number of hydrogen-bond donors (Lipinski definition) is 1. The molecule has 1 aliphatic rings. The second-order valence-corrected chi connectivity index (χ2v) is 6.18. The number of hydrogen-bond acceptors (Lipinski definition) is 5. The van der Waals surface area contributed by atoms with E-state index in [4.69, 9.17) is 4.74 Å². The lowest BCUT2D eigenvalue weighted by Gasteiger charge is -2.36. The first-order chi connectivity index (χ1) is 13.7. The van der Waals surface area contributed by atoms with Crippen LogP contribution in [0, 0.1) is 11.6 Å². The summed E-state index contributed by atoms with van der Waals surface area (Å²) < 4.78 is 31.6. The molecule has 0 atom stereocenters. The van der Waals surface area contributed by atoms with E-state index in [9.17, 15) is 8.78 Å². The number of rotatable bonds is 6. The van der Waals surface area contributed by atoms with E-state index in [1.54, 1.807) is 18.5 Å². The van der Waals surface area contributed by atoms with E-state index in [-0.39, 0.29) is 12.4 Å². The normalized spacial score (nSPS) is 14.9. The molecule has 3 rings (SSSR count). The van der Waals surface area contributed by atoms with Crippen molar-refractivity contribution in [1.29, 1.82) is 0 Å². The zero-order valence-electron chi connectivity index (χ0n) is 15.8. The first-order valence-corrected chi connectivity index (χ1v) is 9.30. The van der Waals surface area contributed by atoms with Gasteiger partial charge in [0.1, 0.15) is 12.4 Å². The number of guanidine groups is 1. The summed E-state index contributed by atoms with van der Waals surface area (Å²) in [5, 5.41) is 3.28. The van der Waals surface area contributed by atoms with E-state index < -0.39 is 11.6 Å². The zero-order valence-corrected chi connectivity index (χ0v) is 15.8. The van der Waals surface area contributed by atoms with Gasteiger partial charge in [0.25, 0.3) is 0 Å². The summed E-state index contributed by atoms with van der Waals surface area (Å²) in [6.45, 7) is 6.66. The molecule has 0 amide bonds. The fourth-order valence-electron chi connectivity index (χ4n) is 2.88. The first-order valence-electron chi connectivity index (χ1n) is 9.30. The van der Waals surface area contributed by atoms with Gasteiger partial charge in [-0.15, -0.1) is 0 Å². The molecule has 1 fully saturated rings. The van der Waals surface area contributed by atoms with Gasteiger partial charge in [0, 0.05) is 51.2 Å². The van der Waals surface area contributed by atoms with Crippen LogP contribution in [0.3, 0.4) is 0 Å². The summed E-state index contributed by atoms with van der Waals surface area (Å²) >= 11 is 0. The Morgan fingerprint density at radius 3 is 2.57 bits per heavy atom. The van der Waals surface area contributed by atoms with Gasteiger partial charge in [-0.1, -0.05) is 0 Å². The molecule has 28 heavy (non-hydrogen) atoms. The van der Waals surface area contributed by atoms with Crippen molar-refractivity contribution in [3.05, 3.63) is 48.3 Å². The highest BCUT2D eigenvalue weighted by atomic mass is 19.2. The van der Waals surface area contributed by atoms with Crippen molar-refractivity contribution in [2.75, 3.05) is 50.8 Å². The van der Waals surface area contributed by atoms with Crippen LogP contribution >= 0.6 is 0 Å². The van der Waals surface area contributed by atoms with Gasteiger partial charge in [-0.25, -0.2) is 23.7 Å². The van der Waals surface area contributed by atoms with Crippen LogP contribution in [0.1, 0.15) is 6.92 Å². The molecule has 1 aromatic heterocycles. The van der Waals surface area contributed by atoms with E-state index in [2.05, 4.69) is 30.1 Å². The van der Waals surface area contributed by atoms with E-state index in [1.807, 2.05) is 6.92 Å². The van der Waals surface area contributed by atoms with Gasteiger partial charge in [0.05, 0.1) is 6.54 Å². The molecule has 0 unspecified atom stereocenters. The largest absolute Gasteiger partial charge is 0.492 e. The second kappa shape index (κ2) is 9.82. The van der Waals surface area contributed by atoms with Crippen molar-refractivity contribution in [2.45, 2.75) is 6.92 Å². The van der Waals surface area contributed by atoms with Crippen LogP contribution in [-0.2, 0) is 0 Å². The maximum atomic E-state index is 13.2. The molecule has 0 bridgehead atoms. The molecule has 0 radical (unpaired) electrons. The highest BCUT2D eigenvalue weighted by Crippen LogP contribution is 2.15. The van der Waals surface area contributed by atoms with E-state index in [0.29, 0.717) is 6.54 Å². The fourth-order valence-corrected chi connectivity index (χ4v) is 2.88. The van der Waals surface area contributed by atoms with Crippen molar-refractivity contribution in [1.82, 2.24) is 20.2 Å². The van der Waals surface area contributed by atoms with Crippen LogP contribution in [0.25, 0.3) is 0 Å². The molecule has 0 saturated carbocycles. The van der Waals surface area contributed by atoms with Crippen LogP contribution < -0.4 is 15.0 Å². The SMILES string of the molecule is CCNC(=NCCOc1ccc(F)c(F)c1)N1CCN(c2ncccn2)CC1. The first kappa shape index (κ1) is 19.8. The number of piperazine rings is 1. The van der Waals surface area contributed by atoms with Crippen LogP contribution in [0.4, 0.5) is 14.7 Å².